The van der Waals surface area contributed by atoms with Gasteiger partial charge in [0, 0.05) is 5.25 Å². The van der Waals surface area contributed by atoms with Gasteiger partial charge in [-0.05, 0) is 24.8 Å². The average molecular weight is 231 g/mol. The molecule has 0 aromatic carbocycles. The topological polar surface area (TPSA) is 76.7 Å². The van der Waals surface area contributed by atoms with Gasteiger partial charge in [0.15, 0.2) is 0 Å². The summed E-state index contributed by atoms with van der Waals surface area (Å²) in [5.41, 5.74) is 5.24. The van der Waals surface area contributed by atoms with Crippen LogP contribution in [-0.4, -0.2) is 24.4 Å². The van der Waals surface area contributed by atoms with Crippen molar-refractivity contribution >= 4 is 24.0 Å². The van der Waals surface area contributed by atoms with Crippen molar-refractivity contribution in [1.82, 2.24) is 4.72 Å². The number of nitrogens with zero attached hydrogens (tertiary/aromatic N) is 1. The first kappa shape index (κ1) is 12.2. The zero-order valence-electron chi connectivity index (χ0n) is 8.86. The molecule has 1 saturated carbocycles. The highest BCUT2D eigenvalue weighted by Gasteiger charge is 2.14. The SMILES string of the molecule is CO/C(N)=N/C(=O)NSC1CCCCC1. The first-order chi connectivity index (χ1) is 7.22. The first-order valence-corrected chi connectivity index (χ1v) is 5.94. The number of methoxy groups -OCH3 is 1. The molecule has 5 nitrogen and oxygen atoms in total. The molecule has 0 atom stereocenters. The molecule has 0 radical (unpaired) electrons. The lowest BCUT2D eigenvalue weighted by Gasteiger charge is -2.19. The second kappa shape index (κ2) is 6.55. The van der Waals surface area contributed by atoms with Crippen LogP contribution in [0.2, 0.25) is 0 Å². The van der Waals surface area contributed by atoms with Crippen molar-refractivity contribution < 1.29 is 9.53 Å². The van der Waals surface area contributed by atoms with Gasteiger partial charge in [0.05, 0.1) is 7.11 Å². The molecule has 0 heterocycles. The highest BCUT2D eigenvalue weighted by Crippen LogP contribution is 2.26. The number of amidine groups is 1. The van der Waals surface area contributed by atoms with E-state index < -0.39 is 6.03 Å². The third-order valence-corrected chi connectivity index (χ3v) is 3.38. The Labute approximate surface area is 94.0 Å². The molecule has 1 aliphatic carbocycles. The number of nitrogens with one attached hydrogen (secondary N) is 1. The summed E-state index contributed by atoms with van der Waals surface area (Å²) in [6, 6.07) is -0.568. The zero-order chi connectivity index (χ0) is 11.1. The van der Waals surface area contributed by atoms with E-state index in [0.717, 1.165) is 12.8 Å². The van der Waals surface area contributed by atoms with Crippen LogP contribution in [0.15, 0.2) is 4.99 Å². The van der Waals surface area contributed by atoms with Crippen LogP contribution in [-0.2, 0) is 4.74 Å². The largest absolute Gasteiger partial charge is 0.468 e. The molecule has 1 fully saturated rings. The molecule has 1 rings (SSSR count). The summed E-state index contributed by atoms with van der Waals surface area (Å²) in [5.74, 6) is 0. The Morgan fingerprint density at radius 1 is 1.47 bits per heavy atom. The molecular weight excluding hydrogens is 214 g/mol. The summed E-state index contributed by atoms with van der Waals surface area (Å²) < 4.78 is 7.22. The maximum atomic E-state index is 11.2. The molecule has 0 aromatic heterocycles. The van der Waals surface area contributed by atoms with Crippen molar-refractivity contribution in [3.63, 3.8) is 0 Å². The van der Waals surface area contributed by atoms with Crippen LogP contribution < -0.4 is 10.5 Å². The summed E-state index contributed by atoms with van der Waals surface area (Å²) >= 11 is 1.44. The quantitative estimate of drug-likeness (QED) is 0.430. The molecule has 1 aliphatic rings. The van der Waals surface area contributed by atoms with Crippen molar-refractivity contribution in [2.75, 3.05) is 7.11 Å². The van der Waals surface area contributed by atoms with E-state index in [1.165, 1.54) is 38.3 Å². The monoisotopic (exact) mass is 231 g/mol. The number of nitrogens with two attached hydrogens (primary N) is 1. The number of carbonyl (C=O) groups excluding carboxylic acids is 1. The van der Waals surface area contributed by atoms with Crippen molar-refractivity contribution in [2.24, 2.45) is 10.7 Å². The van der Waals surface area contributed by atoms with Crippen LogP contribution in [0.3, 0.4) is 0 Å². The number of aliphatic imine (C=N–C) groups is 1. The minimum atomic E-state index is -0.454. The summed E-state index contributed by atoms with van der Waals surface area (Å²) in [6.07, 6.45) is 6.12. The van der Waals surface area contributed by atoms with E-state index in [0.29, 0.717) is 5.25 Å². The maximum absolute atomic E-state index is 11.2. The van der Waals surface area contributed by atoms with Gasteiger partial charge >= 0.3 is 6.03 Å². The Kier molecular flexibility index (Phi) is 5.31. The molecule has 3 N–H and O–H groups in total. The fourth-order valence-corrected chi connectivity index (χ4v) is 2.37. The van der Waals surface area contributed by atoms with Crippen molar-refractivity contribution in [3.8, 4) is 0 Å². The van der Waals surface area contributed by atoms with Crippen LogP contribution >= 0.6 is 11.9 Å². The van der Waals surface area contributed by atoms with Gasteiger partial charge in [-0.1, -0.05) is 19.3 Å². The van der Waals surface area contributed by atoms with Gasteiger partial charge in [0.1, 0.15) is 0 Å². The summed E-state index contributed by atoms with van der Waals surface area (Å²) in [7, 11) is 1.38. The Hall–Kier alpha value is -0.910. The van der Waals surface area contributed by atoms with Gasteiger partial charge in [-0.25, -0.2) is 4.79 Å². The fourth-order valence-electron chi connectivity index (χ4n) is 1.49. The van der Waals surface area contributed by atoms with Crippen LogP contribution in [0.5, 0.6) is 0 Å². The number of amides is 2. The minimum absolute atomic E-state index is 0.114. The van der Waals surface area contributed by atoms with Gasteiger partial charge in [-0.15, -0.1) is 4.99 Å². The van der Waals surface area contributed by atoms with Gasteiger partial charge in [0.2, 0.25) is 0 Å². The van der Waals surface area contributed by atoms with Gasteiger partial charge in [-0.3, -0.25) is 4.72 Å². The highest BCUT2D eigenvalue weighted by molar-refractivity contribution is 7.98. The Morgan fingerprint density at radius 3 is 2.73 bits per heavy atom. The lowest BCUT2D eigenvalue weighted by Crippen LogP contribution is -2.23. The van der Waals surface area contributed by atoms with E-state index in [1.54, 1.807) is 0 Å². The molecular formula is C9H17N3O2S. The second-order valence-corrected chi connectivity index (χ2v) is 4.55. The predicted molar refractivity (Wildman–Crippen MR) is 61.6 cm³/mol. The van der Waals surface area contributed by atoms with Gasteiger partial charge in [-0.2, -0.15) is 0 Å². The predicted octanol–water partition coefficient (Wildman–Crippen LogP) is 1.64. The first-order valence-electron chi connectivity index (χ1n) is 5.06. The molecule has 0 unspecified atom stereocenters. The smallest absolute Gasteiger partial charge is 0.355 e. The normalized spacial score (nSPS) is 18.6. The molecule has 2 amide bonds. The number of ether oxygens (including phenoxy) is 1. The Bertz CT molecular complexity index is 240. The zero-order valence-corrected chi connectivity index (χ0v) is 9.68. The summed E-state index contributed by atoms with van der Waals surface area (Å²) in [4.78, 5) is 14.7. The number of hydrogen-bond donors (Lipinski definition) is 2. The molecule has 0 aliphatic heterocycles. The van der Waals surface area contributed by atoms with Crippen molar-refractivity contribution in [3.05, 3.63) is 0 Å². The lowest BCUT2D eigenvalue weighted by atomic mass is 10.0. The maximum Gasteiger partial charge on any atom is 0.355 e. The number of carbonyl (C=O) groups is 1. The van der Waals surface area contributed by atoms with Crippen LogP contribution in [0.1, 0.15) is 32.1 Å². The summed E-state index contributed by atoms with van der Waals surface area (Å²) in [6.45, 7) is 0. The van der Waals surface area contributed by atoms with Crippen molar-refractivity contribution in [1.29, 1.82) is 0 Å². The third kappa shape index (κ3) is 4.92. The average Bonchev–Trinajstić information content (AvgIpc) is 2.27. The second-order valence-electron chi connectivity index (χ2n) is 3.44. The van der Waals surface area contributed by atoms with E-state index in [-0.39, 0.29) is 6.02 Å². The molecule has 0 aromatic rings. The molecule has 0 saturated heterocycles. The lowest BCUT2D eigenvalue weighted by molar-refractivity contribution is 0.253. The summed E-state index contributed by atoms with van der Waals surface area (Å²) in [5, 5.41) is 0.515. The van der Waals surface area contributed by atoms with E-state index >= 15 is 0 Å². The highest BCUT2D eigenvalue weighted by atomic mass is 32.2. The van der Waals surface area contributed by atoms with Crippen LogP contribution in [0.25, 0.3) is 0 Å². The minimum Gasteiger partial charge on any atom is -0.468 e. The van der Waals surface area contributed by atoms with Crippen molar-refractivity contribution in [2.45, 2.75) is 37.4 Å². The van der Waals surface area contributed by atoms with E-state index in [4.69, 9.17) is 5.73 Å². The molecule has 0 bridgehead atoms. The molecule has 6 heteroatoms. The van der Waals surface area contributed by atoms with Crippen LogP contribution in [0.4, 0.5) is 4.79 Å². The number of rotatable bonds is 2. The Balaban J connectivity index is 2.21. The van der Waals surface area contributed by atoms with Gasteiger partial charge in [0.25, 0.3) is 6.02 Å². The molecule has 0 spiro atoms. The molecule has 15 heavy (non-hydrogen) atoms. The fraction of sp³-hybridized carbons (Fsp3) is 0.778. The standard InChI is InChI=1S/C9H17N3O2S/c1-14-8(10)11-9(13)12-15-7-5-3-2-4-6-7/h7H,2-6H2,1H3,(H3,10,11,12,13). The van der Waals surface area contributed by atoms with E-state index in [2.05, 4.69) is 14.5 Å². The number of urea groups is 1. The van der Waals surface area contributed by atoms with Crippen LogP contribution in [0, 0.1) is 0 Å². The van der Waals surface area contributed by atoms with E-state index in [1.807, 2.05) is 0 Å². The number of hydrogen-bond acceptors (Lipinski definition) is 3. The Morgan fingerprint density at radius 2 is 2.13 bits per heavy atom. The van der Waals surface area contributed by atoms with E-state index in [9.17, 15) is 4.79 Å². The third-order valence-electron chi connectivity index (χ3n) is 2.29. The van der Waals surface area contributed by atoms with Gasteiger partial charge < -0.3 is 10.5 Å². The molecule has 86 valence electrons.